The Bertz CT molecular complexity index is 1300. The summed E-state index contributed by atoms with van der Waals surface area (Å²) in [7, 11) is 3.32. The molecule has 1 atom stereocenters. The molecule has 8 heteroatoms. The molecule has 0 radical (unpaired) electrons. The van der Waals surface area contributed by atoms with E-state index in [1.165, 1.54) is 0 Å². The van der Waals surface area contributed by atoms with Gasteiger partial charge in [0.2, 0.25) is 0 Å². The summed E-state index contributed by atoms with van der Waals surface area (Å²) in [6, 6.07) is 17.6. The summed E-state index contributed by atoms with van der Waals surface area (Å²) < 4.78 is 10.8. The first kappa shape index (κ1) is 20.3. The van der Waals surface area contributed by atoms with Gasteiger partial charge in [-0.3, -0.25) is 9.98 Å². The molecule has 32 heavy (non-hydrogen) atoms. The van der Waals surface area contributed by atoms with E-state index in [1.807, 2.05) is 48.5 Å². The zero-order chi connectivity index (χ0) is 21.9. The van der Waals surface area contributed by atoms with Crippen molar-refractivity contribution in [3.63, 3.8) is 0 Å². The third-order valence-electron chi connectivity index (χ3n) is 5.14. The van der Waals surface area contributed by atoms with E-state index in [-0.39, 0.29) is 5.50 Å². The maximum absolute atomic E-state index is 5.42. The predicted octanol–water partition coefficient (Wildman–Crippen LogP) is 4.64. The summed E-state index contributed by atoms with van der Waals surface area (Å²) in [4.78, 5) is 18.6. The van der Waals surface area contributed by atoms with Gasteiger partial charge in [-0.25, -0.2) is 9.97 Å². The van der Waals surface area contributed by atoms with Gasteiger partial charge in [-0.1, -0.05) is 12.1 Å². The highest BCUT2D eigenvalue weighted by molar-refractivity contribution is 8.01. The molecular formula is C24H21N5O2S. The highest BCUT2D eigenvalue weighted by atomic mass is 32.2. The lowest BCUT2D eigenvalue weighted by molar-refractivity contribution is 0.414. The van der Waals surface area contributed by atoms with Crippen LogP contribution in [0.1, 0.15) is 5.56 Å². The van der Waals surface area contributed by atoms with Gasteiger partial charge in [0.25, 0.3) is 0 Å². The Balaban J connectivity index is 1.52. The number of methoxy groups -OCH3 is 2. The molecule has 7 nitrogen and oxygen atoms in total. The predicted molar refractivity (Wildman–Crippen MR) is 129 cm³/mol. The Morgan fingerprint density at radius 1 is 0.938 bits per heavy atom. The van der Waals surface area contributed by atoms with Crippen LogP contribution in [-0.2, 0) is 0 Å². The molecule has 0 bridgehead atoms. The van der Waals surface area contributed by atoms with E-state index in [0.717, 1.165) is 45.0 Å². The molecule has 3 heterocycles. The summed E-state index contributed by atoms with van der Waals surface area (Å²) in [6.07, 6.45) is 3.50. The molecule has 5 rings (SSSR count). The van der Waals surface area contributed by atoms with Gasteiger partial charge >= 0.3 is 0 Å². The summed E-state index contributed by atoms with van der Waals surface area (Å²) in [5.74, 6) is 3.69. The van der Waals surface area contributed by atoms with Crippen molar-refractivity contribution in [3.8, 4) is 22.9 Å². The second kappa shape index (κ2) is 8.84. The number of nitrogens with one attached hydrogen (secondary N) is 1. The first-order valence-electron chi connectivity index (χ1n) is 10.1. The Morgan fingerprint density at radius 2 is 1.78 bits per heavy atom. The summed E-state index contributed by atoms with van der Waals surface area (Å²) in [5, 5.41) is 4.37. The highest BCUT2D eigenvalue weighted by Gasteiger charge is 2.21. The molecule has 1 aliphatic heterocycles. The van der Waals surface area contributed by atoms with Crippen molar-refractivity contribution in [1.82, 2.24) is 15.0 Å². The van der Waals surface area contributed by atoms with Crippen molar-refractivity contribution >= 4 is 34.2 Å². The third-order valence-corrected chi connectivity index (χ3v) is 6.12. The lowest BCUT2D eigenvalue weighted by atomic mass is 10.1. The van der Waals surface area contributed by atoms with E-state index in [2.05, 4.69) is 16.4 Å². The van der Waals surface area contributed by atoms with E-state index in [1.54, 1.807) is 38.4 Å². The van der Waals surface area contributed by atoms with E-state index in [0.29, 0.717) is 11.6 Å². The minimum absolute atomic E-state index is 0.165. The number of hydrogen-bond donors (Lipinski definition) is 1. The van der Waals surface area contributed by atoms with Gasteiger partial charge in [0, 0.05) is 34.7 Å². The van der Waals surface area contributed by atoms with Gasteiger partial charge in [0.1, 0.15) is 17.3 Å². The standard InChI is InChI=1S/C24H21N5O2S/c1-30-17-7-3-5-15(11-17)21-14-32-24(27-21)29-23-19-12-18(31-2)8-9-20(19)26-22(28-23)16-6-4-10-25-13-16/h3-13,24H,14H2,1-2H3,(H,26,28,29). The van der Waals surface area contributed by atoms with Crippen LogP contribution in [0.3, 0.4) is 0 Å². The van der Waals surface area contributed by atoms with Crippen LogP contribution in [-0.4, -0.2) is 46.1 Å². The Morgan fingerprint density at radius 3 is 2.59 bits per heavy atom. The second-order valence-corrected chi connectivity index (χ2v) is 8.20. The molecule has 4 aromatic rings. The van der Waals surface area contributed by atoms with Crippen LogP contribution in [0.4, 0.5) is 5.82 Å². The van der Waals surface area contributed by atoms with Crippen LogP contribution in [0.25, 0.3) is 22.3 Å². The fourth-order valence-electron chi connectivity index (χ4n) is 3.49. The summed E-state index contributed by atoms with van der Waals surface area (Å²) in [5.41, 5.74) is 3.60. The quantitative estimate of drug-likeness (QED) is 0.465. The zero-order valence-corrected chi connectivity index (χ0v) is 18.5. The van der Waals surface area contributed by atoms with Gasteiger partial charge in [-0.15, -0.1) is 11.8 Å². The molecule has 0 saturated carbocycles. The highest BCUT2D eigenvalue weighted by Crippen LogP contribution is 2.32. The molecule has 1 unspecified atom stereocenters. The second-order valence-electron chi connectivity index (χ2n) is 7.14. The lowest BCUT2D eigenvalue weighted by Gasteiger charge is -2.14. The fraction of sp³-hybridized carbons (Fsp3) is 0.167. The number of anilines is 1. The smallest absolute Gasteiger partial charge is 0.168 e. The van der Waals surface area contributed by atoms with Crippen molar-refractivity contribution in [2.75, 3.05) is 25.3 Å². The Hall–Kier alpha value is -3.65. The number of thioether (sulfide) groups is 1. The number of aliphatic imine (C=N–C) groups is 1. The van der Waals surface area contributed by atoms with Crippen molar-refractivity contribution in [3.05, 3.63) is 72.6 Å². The minimum Gasteiger partial charge on any atom is -0.497 e. The van der Waals surface area contributed by atoms with Crippen molar-refractivity contribution in [2.24, 2.45) is 4.99 Å². The average molecular weight is 444 g/mol. The van der Waals surface area contributed by atoms with Gasteiger partial charge in [-0.2, -0.15) is 0 Å². The molecule has 2 aromatic carbocycles. The van der Waals surface area contributed by atoms with Crippen LogP contribution in [0, 0.1) is 0 Å². The minimum atomic E-state index is -0.165. The van der Waals surface area contributed by atoms with Crippen molar-refractivity contribution in [2.45, 2.75) is 5.50 Å². The van der Waals surface area contributed by atoms with E-state index >= 15 is 0 Å². The van der Waals surface area contributed by atoms with Crippen LogP contribution in [0.5, 0.6) is 11.5 Å². The topological polar surface area (TPSA) is 81.5 Å². The van der Waals surface area contributed by atoms with E-state index in [4.69, 9.17) is 24.4 Å². The van der Waals surface area contributed by atoms with Crippen LogP contribution >= 0.6 is 11.8 Å². The van der Waals surface area contributed by atoms with Crippen LogP contribution in [0.15, 0.2) is 72.0 Å². The van der Waals surface area contributed by atoms with Crippen LogP contribution < -0.4 is 14.8 Å². The zero-order valence-electron chi connectivity index (χ0n) is 17.6. The lowest BCUT2D eigenvalue weighted by Crippen LogP contribution is -2.12. The Labute approximate surface area is 190 Å². The number of pyridine rings is 1. The normalized spacial score (nSPS) is 15.4. The number of benzene rings is 2. The molecule has 160 valence electrons. The first-order chi connectivity index (χ1) is 15.7. The molecule has 1 N–H and O–H groups in total. The molecule has 2 aromatic heterocycles. The van der Waals surface area contributed by atoms with Gasteiger partial charge in [0.05, 0.1) is 25.4 Å². The Kier molecular flexibility index (Phi) is 5.60. The van der Waals surface area contributed by atoms with Gasteiger partial charge in [0.15, 0.2) is 11.3 Å². The van der Waals surface area contributed by atoms with Crippen molar-refractivity contribution in [1.29, 1.82) is 0 Å². The number of rotatable bonds is 6. The number of fused-ring (bicyclic) bond motifs is 1. The SMILES string of the molecule is COc1cccc(C2=NC(Nc3nc(-c4cccnc4)nc4ccc(OC)cc34)SC2)c1. The largest absolute Gasteiger partial charge is 0.497 e. The molecule has 1 aliphatic rings. The molecule has 0 amide bonds. The number of hydrogen-bond acceptors (Lipinski definition) is 8. The first-order valence-corrected chi connectivity index (χ1v) is 11.1. The number of nitrogens with zero attached hydrogens (tertiary/aromatic N) is 4. The van der Waals surface area contributed by atoms with E-state index in [9.17, 15) is 0 Å². The maximum atomic E-state index is 5.42. The summed E-state index contributed by atoms with van der Waals surface area (Å²) in [6.45, 7) is 0. The van der Waals surface area contributed by atoms with Gasteiger partial charge < -0.3 is 14.8 Å². The third kappa shape index (κ3) is 4.09. The summed E-state index contributed by atoms with van der Waals surface area (Å²) >= 11 is 1.71. The molecule has 0 saturated heterocycles. The van der Waals surface area contributed by atoms with Gasteiger partial charge in [-0.05, 0) is 42.5 Å². The maximum Gasteiger partial charge on any atom is 0.168 e. The monoisotopic (exact) mass is 443 g/mol. The van der Waals surface area contributed by atoms with E-state index < -0.39 is 0 Å². The number of ether oxygens (including phenoxy) is 2. The average Bonchev–Trinajstić information content (AvgIpc) is 3.33. The molecule has 0 fully saturated rings. The molecular weight excluding hydrogens is 422 g/mol. The fourth-order valence-corrected chi connectivity index (χ4v) is 4.45. The van der Waals surface area contributed by atoms with Crippen LogP contribution in [0.2, 0.25) is 0 Å². The molecule has 0 spiro atoms. The van der Waals surface area contributed by atoms with Crippen molar-refractivity contribution < 1.29 is 9.47 Å². The number of aromatic nitrogens is 3. The molecule has 0 aliphatic carbocycles.